The topological polar surface area (TPSA) is 70.0 Å². The number of sulfonamides is 1. The van der Waals surface area contributed by atoms with Gasteiger partial charge >= 0.3 is 0 Å². The van der Waals surface area contributed by atoms with Gasteiger partial charge < -0.3 is 0 Å². The number of alkyl halides is 1. The predicted octanol–water partition coefficient (Wildman–Crippen LogP) is 1.80. The van der Waals surface area contributed by atoms with Crippen molar-refractivity contribution in [3.8, 4) is 6.07 Å². The van der Waals surface area contributed by atoms with Gasteiger partial charge in [-0.05, 0) is 18.6 Å². The van der Waals surface area contributed by atoms with Crippen LogP contribution >= 0.6 is 11.6 Å². The van der Waals surface area contributed by atoms with E-state index in [2.05, 4.69) is 4.72 Å². The van der Waals surface area contributed by atoms with E-state index in [9.17, 15) is 8.42 Å². The van der Waals surface area contributed by atoms with E-state index >= 15 is 0 Å². The summed E-state index contributed by atoms with van der Waals surface area (Å²) in [6.45, 7) is 1.73. The normalized spacial score (nSPS) is 10.7. The largest absolute Gasteiger partial charge is 0.281 e. The Morgan fingerprint density at radius 1 is 1.53 bits per heavy atom. The van der Waals surface area contributed by atoms with Crippen LogP contribution in [0.2, 0.25) is 0 Å². The molecule has 15 heavy (non-hydrogen) atoms. The summed E-state index contributed by atoms with van der Waals surface area (Å²) in [7, 11) is -3.56. The molecule has 0 spiro atoms. The first kappa shape index (κ1) is 11.8. The summed E-state index contributed by atoms with van der Waals surface area (Å²) in [6, 6.07) is 6.87. The smallest absolute Gasteiger partial charge is 0.246 e. The van der Waals surface area contributed by atoms with Crippen molar-refractivity contribution in [2.75, 3.05) is 9.93 Å². The number of halogens is 1. The minimum atomic E-state index is -3.56. The first-order valence-electron chi connectivity index (χ1n) is 4.06. The number of nitrogens with one attached hydrogen (secondary N) is 1. The minimum absolute atomic E-state index is 0.262. The Labute approximate surface area is 93.5 Å². The Hall–Kier alpha value is -1.25. The Morgan fingerprint density at radius 3 is 2.73 bits per heavy atom. The van der Waals surface area contributed by atoms with Crippen LogP contribution in [0.1, 0.15) is 11.1 Å². The zero-order chi connectivity index (χ0) is 11.5. The van der Waals surface area contributed by atoms with Crippen molar-refractivity contribution >= 4 is 27.3 Å². The van der Waals surface area contributed by atoms with Crippen LogP contribution < -0.4 is 4.72 Å². The molecule has 0 radical (unpaired) electrons. The molecule has 0 saturated carbocycles. The summed E-state index contributed by atoms with van der Waals surface area (Å²) in [5.74, 6) is 0. The highest BCUT2D eigenvalue weighted by Gasteiger charge is 2.12. The standard InChI is InChI=1S/C9H9ClN2O2S/c1-7-3-2-4-9(8(7)5-11)12-15(13,14)6-10/h2-4,12H,6H2,1H3. The van der Waals surface area contributed by atoms with Crippen LogP contribution in [-0.2, 0) is 10.0 Å². The van der Waals surface area contributed by atoms with Crippen molar-refractivity contribution in [1.82, 2.24) is 0 Å². The van der Waals surface area contributed by atoms with Crippen molar-refractivity contribution in [2.24, 2.45) is 0 Å². The van der Waals surface area contributed by atoms with Crippen molar-refractivity contribution < 1.29 is 8.42 Å². The first-order chi connectivity index (χ1) is 7.00. The third-order valence-electron chi connectivity index (χ3n) is 1.79. The number of nitriles is 1. The van der Waals surface area contributed by atoms with Gasteiger partial charge in [-0.15, -0.1) is 11.6 Å². The van der Waals surface area contributed by atoms with Gasteiger partial charge in [-0.1, -0.05) is 12.1 Å². The third kappa shape index (κ3) is 2.85. The van der Waals surface area contributed by atoms with Crippen LogP contribution in [0.15, 0.2) is 18.2 Å². The number of aryl methyl sites for hydroxylation is 1. The Bertz CT molecular complexity index is 505. The molecule has 0 bridgehead atoms. The maximum absolute atomic E-state index is 11.2. The molecule has 0 saturated heterocycles. The third-order valence-corrected chi connectivity index (χ3v) is 3.47. The van der Waals surface area contributed by atoms with Crippen LogP contribution in [0.4, 0.5) is 5.69 Å². The maximum Gasteiger partial charge on any atom is 0.246 e. The van der Waals surface area contributed by atoms with E-state index < -0.39 is 15.2 Å². The summed E-state index contributed by atoms with van der Waals surface area (Å²) in [5.41, 5.74) is 1.29. The summed E-state index contributed by atoms with van der Waals surface area (Å²) in [6.07, 6.45) is 0. The highest BCUT2D eigenvalue weighted by molar-refractivity contribution is 7.93. The SMILES string of the molecule is Cc1cccc(NS(=O)(=O)CCl)c1C#N. The van der Waals surface area contributed by atoms with E-state index in [1.807, 2.05) is 6.07 Å². The molecule has 0 aliphatic carbocycles. The van der Waals surface area contributed by atoms with E-state index in [4.69, 9.17) is 16.9 Å². The molecule has 1 aromatic rings. The van der Waals surface area contributed by atoms with E-state index in [1.165, 1.54) is 6.07 Å². The quantitative estimate of drug-likeness (QED) is 0.825. The Balaban J connectivity index is 3.18. The number of benzene rings is 1. The van der Waals surface area contributed by atoms with E-state index in [0.29, 0.717) is 11.1 Å². The van der Waals surface area contributed by atoms with Gasteiger partial charge in [0.25, 0.3) is 0 Å². The molecule has 1 N–H and O–H groups in total. The fourth-order valence-corrected chi connectivity index (χ4v) is 1.82. The van der Waals surface area contributed by atoms with Gasteiger partial charge in [-0.25, -0.2) is 8.42 Å². The molecule has 0 aliphatic heterocycles. The monoisotopic (exact) mass is 244 g/mol. The van der Waals surface area contributed by atoms with Gasteiger partial charge in [0.2, 0.25) is 10.0 Å². The predicted molar refractivity (Wildman–Crippen MR) is 59.2 cm³/mol. The van der Waals surface area contributed by atoms with Gasteiger partial charge in [-0.3, -0.25) is 4.72 Å². The maximum atomic E-state index is 11.2. The van der Waals surface area contributed by atoms with Gasteiger partial charge in [0.1, 0.15) is 11.3 Å². The fourth-order valence-electron chi connectivity index (χ4n) is 1.10. The molecule has 0 atom stereocenters. The molecule has 0 heterocycles. The zero-order valence-electron chi connectivity index (χ0n) is 7.99. The Kier molecular flexibility index (Phi) is 3.56. The van der Waals surface area contributed by atoms with Crippen LogP contribution in [0.5, 0.6) is 0 Å². The van der Waals surface area contributed by atoms with Gasteiger partial charge in [0.15, 0.2) is 0 Å². The first-order valence-corrected chi connectivity index (χ1v) is 6.25. The number of hydrogen-bond donors (Lipinski definition) is 1. The molecule has 4 nitrogen and oxygen atoms in total. The average Bonchev–Trinajstić information content (AvgIpc) is 2.18. The highest BCUT2D eigenvalue weighted by atomic mass is 35.5. The molecule has 1 rings (SSSR count). The molecule has 0 unspecified atom stereocenters. The molecule has 0 amide bonds. The van der Waals surface area contributed by atoms with Crippen molar-refractivity contribution in [3.63, 3.8) is 0 Å². The van der Waals surface area contributed by atoms with Crippen LogP contribution in [0.25, 0.3) is 0 Å². The second kappa shape index (κ2) is 4.51. The van der Waals surface area contributed by atoms with Crippen molar-refractivity contribution in [1.29, 1.82) is 5.26 Å². The summed E-state index contributed by atoms with van der Waals surface area (Å²) in [4.78, 5) is 0. The minimum Gasteiger partial charge on any atom is -0.281 e. The van der Waals surface area contributed by atoms with Crippen LogP contribution in [0, 0.1) is 18.3 Å². The van der Waals surface area contributed by atoms with Crippen LogP contribution in [-0.4, -0.2) is 13.6 Å². The number of hydrogen-bond acceptors (Lipinski definition) is 3. The van der Waals surface area contributed by atoms with Crippen molar-refractivity contribution in [3.05, 3.63) is 29.3 Å². The molecule has 1 aromatic carbocycles. The lowest BCUT2D eigenvalue weighted by Crippen LogP contribution is -2.14. The van der Waals surface area contributed by atoms with E-state index in [1.54, 1.807) is 19.1 Å². The van der Waals surface area contributed by atoms with E-state index in [-0.39, 0.29) is 5.69 Å². The van der Waals surface area contributed by atoms with Gasteiger partial charge in [0, 0.05) is 0 Å². The molecule has 80 valence electrons. The molecule has 0 fully saturated rings. The Morgan fingerprint density at radius 2 is 2.20 bits per heavy atom. The van der Waals surface area contributed by atoms with E-state index in [0.717, 1.165) is 0 Å². The highest BCUT2D eigenvalue weighted by Crippen LogP contribution is 2.19. The second-order valence-corrected chi connectivity index (χ2v) is 5.24. The molecular formula is C9H9ClN2O2S. The van der Waals surface area contributed by atoms with Crippen LogP contribution in [0.3, 0.4) is 0 Å². The van der Waals surface area contributed by atoms with Gasteiger partial charge in [0.05, 0.1) is 11.3 Å². The second-order valence-electron chi connectivity index (χ2n) is 2.94. The summed E-state index contributed by atoms with van der Waals surface area (Å²) in [5, 5.41) is 8.32. The zero-order valence-corrected chi connectivity index (χ0v) is 9.56. The van der Waals surface area contributed by atoms with Crippen molar-refractivity contribution in [2.45, 2.75) is 6.92 Å². The molecular weight excluding hydrogens is 236 g/mol. The lowest BCUT2D eigenvalue weighted by molar-refractivity contribution is 0.605. The summed E-state index contributed by atoms with van der Waals surface area (Å²) >= 11 is 5.25. The molecule has 0 aliphatic rings. The lowest BCUT2D eigenvalue weighted by atomic mass is 10.1. The summed E-state index contributed by atoms with van der Waals surface area (Å²) < 4.78 is 24.6. The molecule has 6 heteroatoms. The molecule has 0 aromatic heterocycles. The number of nitrogens with zero attached hydrogens (tertiary/aromatic N) is 1. The average molecular weight is 245 g/mol. The number of rotatable bonds is 3. The lowest BCUT2D eigenvalue weighted by Gasteiger charge is -2.08. The number of anilines is 1. The fraction of sp³-hybridized carbons (Fsp3) is 0.222. The van der Waals surface area contributed by atoms with Gasteiger partial charge in [-0.2, -0.15) is 5.26 Å².